The molecular weight excluding hydrogens is 390 g/mol. The third-order valence-corrected chi connectivity index (χ3v) is 5.10. The highest BCUT2D eigenvalue weighted by Crippen LogP contribution is 2.28. The number of amides is 1. The fourth-order valence-electron chi connectivity index (χ4n) is 3.65. The molecule has 0 unspecified atom stereocenters. The van der Waals surface area contributed by atoms with Gasteiger partial charge in [0, 0.05) is 19.4 Å². The van der Waals surface area contributed by atoms with Crippen molar-refractivity contribution < 1.29 is 22.7 Å². The maximum absolute atomic E-state index is 13.9. The molecule has 1 aliphatic rings. The second-order valence-corrected chi connectivity index (χ2v) is 7.36. The first-order valence-electron chi connectivity index (χ1n) is 9.88. The number of carbonyl (C=O) groups excluding carboxylic acids is 1. The lowest BCUT2D eigenvalue weighted by atomic mass is 10.1. The summed E-state index contributed by atoms with van der Waals surface area (Å²) in [4.78, 5) is 18.6. The number of hydrogen-bond donors (Lipinski definition) is 0. The van der Waals surface area contributed by atoms with Crippen LogP contribution in [0.1, 0.15) is 30.9 Å². The van der Waals surface area contributed by atoms with Gasteiger partial charge in [-0.15, -0.1) is 0 Å². The van der Waals surface area contributed by atoms with Crippen LogP contribution in [-0.2, 0) is 16.0 Å². The van der Waals surface area contributed by atoms with Crippen molar-refractivity contribution in [3.63, 3.8) is 0 Å². The lowest BCUT2D eigenvalue weighted by Gasteiger charge is -2.37. The molecule has 4 rings (SSSR count). The highest BCUT2D eigenvalue weighted by atomic mass is 19.1. The molecule has 7 heteroatoms. The normalized spacial score (nSPS) is 19.1. The molecule has 1 fully saturated rings. The van der Waals surface area contributed by atoms with Crippen LogP contribution in [0.2, 0.25) is 0 Å². The first-order chi connectivity index (χ1) is 14.5. The highest BCUT2D eigenvalue weighted by Gasteiger charge is 2.29. The molecular formula is C23H22F2N2O3. The number of benzene rings is 2. The van der Waals surface area contributed by atoms with Crippen LogP contribution < -0.4 is 0 Å². The topological polar surface area (TPSA) is 55.6 Å². The molecule has 0 aliphatic carbocycles. The summed E-state index contributed by atoms with van der Waals surface area (Å²) in [6, 6.07) is 13.4. The summed E-state index contributed by atoms with van der Waals surface area (Å²) in [5.41, 5.74) is 0.779. The van der Waals surface area contributed by atoms with E-state index in [0.717, 1.165) is 17.7 Å². The van der Waals surface area contributed by atoms with Crippen LogP contribution in [0.4, 0.5) is 8.78 Å². The highest BCUT2D eigenvalue weighted by molar-refractivity contribution is 5.76. The van der Waals surface area contributed by atoms with Crippen LogP contribution >= 0.6 is 0 Å². The van der Waals surface area contributed by atoms with Crippen LogP contribution in [0.3, 0.4) is 0 Å². The zero-order valence-electron chi connectivity index (χ0n) is 16.6. The van der Waals surface area contributed by atoms with E-state index in [4.69, 9.17) is 9.15 Å². The van der Waals surface area contributed by atoms with Gasteiger partial charge < -0.3 is 14.1 Å². The Morgan fingerprint density at radius 1 is 1.10 bits per heavy atom. The van der Waals surface area contributed by atoms with Gasteiger partial charge >= 0.3 is 0 Å². The summed E-state index contributed by atoms with van der Waals surface area (Å²) < 4.78 is 39.3. The smallest absolute Gasteiger partial charge is 0.223 e. The van der Waals surface area contributed by atoms with Gasteiger partial charge in [0.25, 0.3) is 0 Å². The lowest BCUT2D eigenvalue weighted by Crippen LogP contribution is -2.46. The molecule has 1 amide bonds. The average Bonchev–Trinajstić information content (AvgIpc) is 3.20. The minimum Gasteiger partial charge on any atom is -0.441 e. The van der Waals surface area contributed by atoms with Crippen molar-refractivity contribution in [1.82, 2.24) is 9.88 Å². The van der Waals surface area contributed by atoms with Gasteiger partial charge in [-0.3, -0.25) is 4.79 Å². The van der Waals surface area contributed by atoms with Crippen molar-refractivity contribution >= 4 is 5.91 Å². The quantitative estimate of drug-likeness (QED) is 0.617. The SMILES string of the molecule is C[C@H]1CN(C(=O)CCc2ncc(-c3c(F)cccc3F)o2)C[C@H](c2ccccc2)O1. The second kappa shape index (κ2) is 8.75. The fourth-order valence-corrected chi connectivity index (χ4v) is 3.65. The molecule has 0 bridgehead atoms. The van der Waals surface area contributed by atoms with Gasteiger partial charge in [0.1, 0.15) is 17.7 Å². The number of halogens is 2. The molecule has 1 aromatic heterocycles. The third-order valence-electron chi connectivity index (χ3n) is 5.10. The Labute approximate surface area is 173 Å². The summed E-state index contributed by atoms with van der Waals surface area (Å²) in [7, 11) is 0. The van der Waals surface area contributed by atoms with Crippen molar-refractivity contribution in [2.75, 3.05) is 13.1 Å². The van der Waals surface area contributed by atoms with Crippen LogP contribution in [-0.4, -0.2) is 35.0 Å². The van der Waals surface area contributed by atoms with Crippen LogP contribution in [0, 0.1) is 11.6 Å². The van der Waals surface area contributed by atoms with Gasteiger partial charge in [-0.2, -0.15) is 0 Å². The minimum absolute atomic E-state index is 0.0113. The lowest BCUT2D eigenvalue weighted by molar-refractivity contribution is -0.144. The third kappa shape index (κ3) is 4.41. The van der Waals surface area contributed by atoms with Gasteiger partial charge in [0.15, 0.2) is 11.7 Å². The van der Waals surface area contributed by atoms with Gasteiger partial charge in [0.05, 0.1) is 24.4 Å². The van der Waals surface area contributed by atoms with Crippen LogP contribution in [0.5, 0.6) is 0 Å². The van der Waals surface area contributed by atoms with E-state index in [0.29, 0.717) is 13.1 Å². The zero-order valence-corrected chi connectivity index (χ0v) is 16.6. The van der Waals surface area contributed by atoms with E-state index in [9.17, 15) is 13.6 Å². The Balaban J connectivity index is 1.39. The minimum atomic E-state index is -0.719. The maximum atomic E-state index is 13.9. The summed E-state index contributed by atoms with van der Waals surface area (Å²) in [5, 5.41) is 0. The Morgan fingerprint density at radius 2 is 1.83 bits per heavy atom. The Bertz CT molecular complexity index is 1000. The van der Waals surface area contributed by atoms with Crippen molar-refractivity contribution in [3.8, 4) is 11.3 Å². The van der Waals surface area contributed by atoms with E-state index in [2.05, 4.69) is 4.98 Å². The Kier molecular flexibility index (Phi) is 5.90. The van der Waals surface area contributed by atoms with E-state index in [1.165, 1.54) is 12.3 Å². The number of rotatable bonds is 5. The number of carbonyl (C=O) groups is 1. The summed E-state index contributed by atoms with van der Waals surface area (Å²) >= 11 is 0. The van der Waals surface area contributed by atoms with Crippen LogP contribution in [0.25, 0.3) is 11.3 Å². The predicted molar refractivity (Wildman–Crippen MR) is 106 cm³/mol. The summed E-state index contributed by atoms with van der Waals surface area (Å²) in [5.74, 6) is -1.20. The number of oxazole rings is 1. The molecule has 2 aromatic carbocycles. The number of aromatic nitrogens is 1. The van der Waals surface area contributed by atoms with Gasteiger partial charge in [-0.25, -0.2) is 13.8 Å². The molecule has 5 nitrogen and oxygen atoms in total. The first kappa shape index (κ1) is 20.2. The number of ether oxygens (including phenoxy) is 1. The Hall–Kier alpha value is -3.06. The van der Waals surface area contributed by atoms with Gasteiger partial charge in [-0.05, 0) is 24.6 Å². The van der Waals surface area contributed by atoms with Gasteiger partial charge in [0.2, 0.25) is 5.91 Å². The van der Waals surface area contributed by atoms with Gasteiger partial charge in [-0.1, -0.05) is 36.4 Å². The van der Waals surface area contributed by atoms with E-state index in [-0.39, 0.29) is 48.2 Å². The van der Waals surface area contributed by atoms with E-state index in [1.54, 1.807) is 4.90 Å². The molecule has 0 spiro atoms. The molecule has 0 saturated carbocycles. The first-order valence-corrected chi connectivity index (χ1v) is 9.88. The van der Waals surface area contributed by atoms with Crippen LogP contribution in [0.15, 0.2) is 59.1 Å². The summed E-state index contributed by atoms with van der Waals surface area (Å²) in [6.07, 6.45) is 1.47. The largest absolute Gasteiger partial charge is 0.441 e. The number of hydrogen-bond acceptors (Lipinski definition) is 4. The predicted octanol–water partition coefficient (Wildman–Crippen LogP) is 4.54. The number of morpholine rings is 1. The molecule has 3 aromatic rings. The van der Waals surface area contributed by atoms with Crippen molar-refractivity contribution in [1.29, 1.82) is 0 Å². The van der Waals surface area contributed by atoms with Crippen molar-refractivity contribution in [2.45, 2.75) is 32.0 Å². The standard InChI is InChI=1S/C23H22F2N2O3/c1-15-13-27(14-20(29-15)16-6-3-2-4-7-16)22(28)11-10-21-26-12-19(30-21)23-17(24)8-5-9-18(23)25/h2-9,12,15,20H,10-11,13-14H2,1H3/t15-,20+/m0/s1. The second-order valence-electron chi connectivity index (χ2n) is 7.36. The Morgan fingerprint density at radius 3 is 2.57 bits per heavy atom. The van der Waals surface area contributed by atoms with E-state index >= 15 is 0 Å². The molecule has 2 atom stereocenters. The fraction of sp³-hybridized carbons (Fsp3) is 0.304. The zero-order chi connectivity index (χ0) is 21.1. The van der Waals surface area contributed by atoms with Crippen molar-refractivity contribution in [3.05, 3.63) is 77.8 Å². The molecule has 156 valence electrons. The monoisotopic (exact) mass is 412 g/mol. The number of aryl methyl sites for hydroxylation is 1. The molecule has 1 aliphatic heterocycles. The molecule has 2 heterocycles. The molecule has 1 saturated heterocycles. The van der Waals surface area contributed by atoms with Crippen molar-refractivity contribution in [2.24, 2.45) is 0 Å². The molecule has 30 heavy (non-hydrogen) atoms. The van der Waals surface area contributed by atoms with E-state index in [1.807, 2.05) is 37.3 Å². The number of nitrogens with zero attached hydrogens (tertiary/aromatic N) is 2. The van der Waals surface area contributed by atoms with E-state index < -0.39 is 11.6 Å². The summed E-state index contributed by atoms with van der Waals surface area (Å²) in [6.45, 7) is 2.93. The molecule has 0 N–H and O–H groups in total. The molecule has 0 radical (unpaired) electrons. The average molecular weight is 412 g/mol. The maximum Gasteiger partial charge on any atom is 0.223 e.